The van der Waals surface area contributed by atoms with E-state index >= 15 is 0 Å². The van der Waals surface area contributed by atoms with Gasteiger partial charge in [-0.15, -0.1) is 0 Å². The van der Waals surface area contributed by atoms with Crippen molar-refractivity contribution in [3.8, 4) is 11.5 Å². The van der Waals surface area contributed by atoms with Crippen LogP contribution in [0.15, 0.2) is 18.2 Å². The van der Waals surface area contributed by atoms with Crippen LogP contribution in [0.4, 0.5) is 0 Å². The summed E-state index contributed by atoms with van der Waals surface area (Å²) in [5.41, 5.74) is 1.09. The number of ether oxygens (including phenoxy) is 1. The monoisotopic (exact) mass is 334 g/mol. The van der Waals surface area contributed by atoms with Crippen LogP contribution < -0.4 is 7.80 Å². The van der Waals surface area contributed by atoms with Gasteiger partial charge in [-0.05, 0) is 38.0 Å². The number of rotatable bonds is 6. The maximum Gasteiger partial charge on any atom is 0.192 e. The number of halogens is 1. The van der Waals surface area contributed by atoms with Gasteiger partial charge in [-0.25, -0.2) is 0 Å². The van der Waals surface area contributed by atoms with E-state index in [0.29, 0.717) is 18.8 Å². The molecule has 0 amide bonds. The third kappa shape index (κ3) is 4.00. The molecule has 0 aliphatic carbocycles. The molecule has 0 N–H and O–H groups in total. The molecular formula is C12H15IO3. The maximum atomic E-state index is 10.9. The normalized spacial score (nSPS) is 9.94. The molecule has 1 rings (SSSR count). The van der Waals surface area contributed by atoms with Crippen LogP contribution in [0.25, 0.3) is 0 Å². The number of ketones is 1. The predicted molar refractivity (Wildman–Crippen MR) is 71.3 cm³/mol. The van der Waals surface area contributed by atoms with E-state index in [0.717, 1.165) is 17.7 Å². The second kappa shape index (κ2) is 6.73. The van der Waals surface area contributed by atoms with Gasteiger partial charge < -0.3 is 12.6 Å². The Labute approximate surface area is 110 Å². The van der Waals surface area contributed by atoms with E-state index < -0.39 is 0 Å². The highest BCUT2D eigenvalue weighted by Crippen LogP contribution is 2.30. The Morgan fingerprint density at radius 1 is 1.38 bits per heavy atom. The van der Waals surface area contributed by atoms with Crippen molar-refractivity contribution >= 4 is 28.8 Å². The smallest absolute Gasteiger partial charge is 0.192 e. The van der Waals surface area contributed by atoms with Crippen LogP contribution in [0.5, 0.6) is 11.5 Å². The summed E-state index contributed by atoms with van der Waals surface area (Å²) in [4.78, 5) is 10.9. The maximum absolute atomic E-state index is 10.9. The molecule has 3 nitrogen and oxygen atoms in total. The van der Waals surface area contributed by atoms with Gasteiger partial charge >= 0.3 is 0 Å². The first kappa shape index (κ1) is 13.3. The topological polar surface area (TPSA) is 35.5 Å². The summed E-state index contributed by atoms with van der Waals surface area (Å²) in [6.07, 6.45) is 1.31. The molecule has 0 bridgehead atoms. The lowest BCUT2D eigenvalue weighted by atomic mass is 10.1. The summed E-state index contributed by atoms with van der Waals surface area (Å²) in [6.45, 7) is 4.13. The summed E-state index contributed by atoms with van der Waals surface area (Å²) in [6, 6.07) is 5.76. The largest absolute Gasteiger partial charge is 0.490 e. The molecule has 16 heavy (non-hydrogen) atoms. The fraction of sp³-hybridized carbons (Fsp3) is 0.417. The Kier molecular flexibility index (Phi) is 5.59. The molecule has 0 heterocycles. The number of hydrogen-bond acceptors (Lipinski definition) is 3. The third-order valence-electron chi connectivity index (χ3n) is 2.16. The molecule has 1 aromatic rings. The highest BCUT2D eigenvalue weighted by molar-refractivity contribution is 14.1. The lowest BCUT2D eigenvalue weighted by Crippen LogP contribution is -1.97. The van der Waals surface area contributed by atoms with Gasteiger partial charge in [-0.1, -0.05) is 6.07 Å². The fourth-order valence-corrected chi connectivity index (χ4v) is 1.72. The van der Waals surface area contributed by atoms with E-state index in [1.54, 1.807) is 6.92 Å². The SMILES string of the molecule is CCOc1cc(CCC(C)=O)ccc1OI. The van der Waals surface area contributed by atoms with Gasteiger partial charge in [0, 0.05) is 6.42 Å². The predicted octanol–water partition coefficient (Wildman–Crippen LogP) is 3.34. The minimum Gasteiger partial charge on any atom is -0.490 e. The van der Waals surface area contributed by atoms with Crippen LogP contribution in [0.1, 0.15) is 25.8 Å². The molecule has 0 radical (unpaired) electrons. The van der Waals surface area contributed by atoms with E-state index in [1.165, 1.54) is 0 Å². The Bertz CT molecular complexity index is 363. The molecule has 0 unspecified atom stereocenters. The molecule has 0 fully saturated rings. The average Bonchev–Trinajstić information content (AvgIpc) is 2.27. The molecule has 0 saturated heterocycles. The molecule has 0 atom stereocenters. The van der Waals surface area contributed by atoms with Crippen LogP contribution in [0.3, 0.4) is 0 Å². The van der Waals surface area contributed by atoms with Crippen LogP contribution in [0.2, 0.25) is 0 Å². The van der Waals surface area contributed by atoms with Crippen molar-refractivity contribution in [1.82, 2.24) is 0 Å². The minimum atomic E-state index is 0.201. The highest BCUT2D eigenvalue weighted by atomic mass is 127. The van der Waals surface area contributed by atoms with Crippen LogP contribution >= 0.6 is 23.0 Å². The van der Waals surface area contributed by atoms with Crippen molar-refractivity contribution < 1.29 is 12.6 Å². The summed E-state index contributed by atoms with van der Waals surface area (Å²) in [5.74, 6) is 1.65. The number of carbonyl (C=O) groups excluding carboxylic acids is 1. The standard InChI is InChI=1S/C12H15IO3/c1-3-15-12-8-10(5-4-9(2)14)6-7-11(12)16-13/h6-8H,3-5H2,1-2H3. The molecular weight excluding hydrogens is 319 g/mol. The summed E-state index contributed by atoms with van der Waals surface area (Å²) in [5, 5.41) is 0. The van der Waals surface area contributed by atoms with Crippen LogP contribution in [0, 0.1) is 0 Å². The summed E-state index contributed by atoms with van der Waals surface area (Å²) >= 11 is 1.83. The molecule has 0 aromatic heterocycles. The van der Waals surface area contributed by atoms with E-state index in [4.69, 9.17) is 7.80 Å². The van der Waals surface area contributed by atoms with Crippen molar-refractivity contribution in [2.24, 2.45) is 0 Å². The zero-order valence-corrected chi connectivity index (χ0v) is 11.6. The van der Waals surface area contributed by atoms with Crippen LogP contribution in [-0.4, -0.2) is 12.4 Å². The zero-order valence-electron chi connectivity index (χ0n) is 9.46. The van der Waals surface area contributed by atoms with Gasteiger partial charge in [-0.2, -0.15) is 0 Å². The van der Waals surface area contributed by atoms with Gasteiger partial charge in [0.2, 0.25) is 0 Å². The Morgan fingerprint density at radius 3 is 2.69 bits per heavy atom. The van der Waals surface area contributed by atoms with E-state index in [9.17, 15) is 4.79 Å². The zero-order chi connectivity index (χ0) is 12.0. The number of carbonyl (C=O) groups is 1. The van der Waals surface area contributed by atoms with Gasteiger partial charge in [0.05, 0.1) is 6.61 Å². The second-order valence-electron chi connectivity index (χ2n) is 3.49. The molecule has 1 aromatic carbocycles. The Hall–Kier alpha value is -0.780. The third-order valence-corrected chi connectivity index (χ3v) is 2.63. The first-order valence-corrected chi connectivity index (χ1v) is 6.09. The summed E-state index contributed by atoms with van der Waals surface area (Å²) < 4.78 is 10.6. The minimum absolute atomic E-state index is 0.201. The first-order valence-electron chi connectivity index (χ1n) is 5.21. The first-order chi connectivity index (χ1) is 7.67. The van der Waals surface area contributed by atoms with E-state index in [1.807, 2.05) is 48.1 Å². The van der Waals surface area contributed by atoms with Gasteiger partial charge in [0.25, 0.3) is 0 Å². The second-order valence-corrected chi connectivity index (χ2v) is 3.93. The van der Waals surface area contributed by atoms with Crippen molar-refractivity contribution in [1.29, 1.82) is 0 Å². The molecule has 88 valence electrons. The lowest BCUT2D eigenvalue weighted by molar-refractivity contribution is -0.116. The van der Waals surface area contributed by atoms with E-state index in [-0.39, 0.29) is 5.78 Å². The molecule has 0 aliphatic heterocycles. The number of aryl methyl sites for hydroxylation is 1. The van der Waals surface area contributed by atoms with Gasteiger partial charge in [0.1, 0.15) is 5.78 Å². The van der Waals surface area contributed by atoms with Crippen molar-refractivity contribution in [3.05, 3.63) is 23.8 Å². The lowest BCUT2D eigenvalue weighted by Gasteiger charge is -2.09. The Balaban J connectivity index is 2.79. The quantitative estimate of drug-likeness (QED) is 0.749. The van der Waals surface area contributed by atoms with Crippen molar-refractivity contribution in [2.75, 3.05) is 6.61 Å². The number of hydrogen-bond donors (Lipinski definition) is 0. The molecule has 0 aliphatic rings. The van der Waals surface area contributed by atoms with E-state index in [2.05, 4.69) is 0 Å². The van der Waals surface area contributed by atoms with Crippen molar-refractivity contribution in [2.45, 2.75) is 26.7 Å². The number of Topliss-reactive ketones (excluding diaryl/α,β-unsaturated/α-hetero) is 1. The van der Waals surface area contributed by atoms with Crippen molar-refractivity contribution in [3.63, 3.8) is 0 Å². The summed E-state index contributed by atoms with van der Waals surface area (Å²) in [7, 11) is 0. The van der Waals surface area contributed by atoms with Gasteiger partial charge in [-0.3, -0.25) is 0 Å². The van der Waals surface area contributed by atoms with Gasteiger partial charge in [0.15, 0.2) is 34.5 Å². The fourth-order valence-electron chi connectivity index (χ4n) is 1.36. The highest BCUT2D eigenvalue weighted by Gasteiger charge is 2.06. The molecule has 4 heteroatoms. The molecule has 0 saturated carbocycles. The Morgan fingerprint density at radius 2 is 2.12 bits per heavy atom. The molecule has 0 spiro atoms. The average molecular weight is 334 g/mol. The van der Waals surface area contributed by atoms with Crippen LogP contribution in [-0.2, 0) is 11.2 Å². The number of benzene rings is 1.